The van der Waals surface area contributed by atoms with E-state index in [-0.39, 0.29) is 12.1 Å². The van der Waals surface area contributed by atoms with Crippen LogP contribution in [0.2, 0.25) is 5.02 Å². The number of nitrogens with zero attached hydrogens (tertiary/aromatic N) is 4. The Bertz CT molecular complexity index is 1220. The highest BCUT2D eigenvalue weighted by atomic mass is 35.5. The molecule has 0 aliphatic carbocycles. The van der Waals surface area contributed by atoms with Crippen LogP contribution in [0.3, 0.4) is 0 Å². The van der Waals surface area contributed by atoms with E-state index >= 15 is 0 Å². The van der Waals surface area contributed by atoms with E-state index in [0.717, 1.165) is 72.9 Å². The average molecular weight is 524 g/mol. The molecule has 1 N–H and O–H groups in total. The van der Waals surface area contributed by atoms with E-state index in [1.54, 1.807) is 0 Å². The van der Waals surface area contributed by atoms with E-state index < -0.39 is 0 Å². The first kappa shape index (κ1) is 25.2. The quantitative estimate of drug-likeness (QED) is 0.432. The fraction of sp³-hybridized carbons (Fsp3) is 0.429. The molecule has 2 atom stereocenters. The first-order chi connectivity index (χ1) is 17.5. The van der Waals surface area contributed by atoms with Crippen molar-refractivity contribution in [3.63, 3.8) is 0 Å². The van der Waals surface area contributed by atoms with Gasteiger partial charge in [0.15, 0.2) is 5.11 Å². The molecular formula is C28H34ClN5OS. The average Bonchev–Trinajstić information content (AvgIpc) is 3.37. The van der Waals surface area contributed by atoms with Crippen LogP contribution in [0.1, 0.15) is 46.7 Å². The Morgan fingerprint density at radius 1 is 1.08 bits per heavy atom. The summed E-state index contributed by atoms with van der Waals surface area (Å²) in [5, 5.41) is 5.18. The second kappa shape index (κ2) is 10.9. The number of aryl methyl sites for hydroxylation is 1. The van der Waals surface area contributed by atoms with Crippen molar-refractivity contribution in [2.75, 3.05) is 39.4 Å². The molecule has 2 aliphatic rings. The summed E-state index contributed by atoms with van der Waals surface area (Å²) in [6, 6.07) is 14.5. The molecule has 2 unspecified atom stereocenters. The van der Waals surface area contributed by atoms with Crippen LogP contribution < -0.4 is 5.32 Å². The van der Waals surface area contributed by atoms with Crippen molar-refractivity contribution in [2.45, 2.75) is 39.3 Å². The number of hydrogen-bond acceptors (Lipinski definition) is 4. The van der Waals surface area contributed by atoms with E-state index in [9.17, 15) is 0 Å². The van der Waals surface area contributed by atoms with Crippen LogP contribution in [0.4, 0.5) is 0 Å². The van der Waals surface area contributed by atoms with E-state index in [1.165, 1.54) is 17.0 Å². The Labute approximate surface area is 224 Å². The minimum absolute atomic E-state index is 0.0171. The first-order valence-electron chi connectivity index (χ1n) is 12.7. The molecule has 2 aromatic heterocycles. The Balaban J connectivity index is 1.50. The van der Waals surface area contributed by atoms with Gasteiger partial charge >= 0.3 is 0 Å². The SMILES string of the molecule is Cc1c(Cl)cccc1-n1c(C)cc(C2C(c3ccccn3)NC(=S)N2CCCN2CCOCC2)c1C. The molecule has 4 heterocycles. The van der Waals surface area contributed by atoms with Gasteiger partial charge in [0, 0.05) is 54.5 Å². The number of rotatable bonds is 7. The smallest absolute Gasteiger partial charge is 0.170 e. The van der Waals surface area contributed by atoms with Crippen LogP contribution in [0.5, 0.6) is 0 Å². The van der Waals surface area contributed by atoms with Gasteiger partial charge in [0.2, 0.25) is 0 Å². The van der Waals surface area contributed by atoms with Crippen LogP contribution in [-0.2, 0) is 4.74 Å². The summed E-state index contributed by atoms with van der Waals surface area (Å²) in [6.07, 6.45) is 2.90. The van der Waals surface area contributed by atoms with Crippen molar-refractivity contribution >= 4 is 28.9 Å². The van der Waals surface area contributed by atoms with Gasteiger partial charge in [-0.3, -0.25) is 9.88 Å². The molecule has 8 heteroatoms. The highest BCUT2D eigenvalue weighted by molar-refractivity contribution is 7.80. The maximum atomic E-state index is 6.50. The molecule has 36 heavy (non-hydrogen) atoms. The van der Waals surface area contributed by atoms with Crippen LogP contribution in [0, 0.1) is 20.8 Å². The predicted octanol–water partition coefficient (Wildman–Crippen LogP) is 5.15. The van der Waals surface area contributed by atoms with Crippen molar-refractivity contribution in [3.05, 3.63) is 81.9 Å². The highest BCUT2D eigenvalue weighted by Gasteiger charge is 2.41. The zero-order valence-electron chi connectivity index (χ0n) is 21.2. The minimum atomic E-state index is -0.0171. The van der Waals surface area contributed by atoms with Crippen LogP contribution >= 0.6 is 23.8 Å². The van der Waals surface area contributed by atoms with Gasteiger partial charge in [-0.25, -0.2) is 0 Å². The molecule has 6 nitrogen and oxygen atoms in total. The molecule has 3 aromatic rings. The van der Waals surface area contributed by atoms with Gasteiger partial charge in [0.25, 0.3) is 0 Å². The van der Waals surface area contributed by atoms with Crippen molar-refractivity contribution in [1.82, 2.24) is 24.7 Å². The number of thiocarbonyl (C=S) groups is 1. The van der Waals surface area contributed by atoms with Gasteiger partial charge in [-0.05, 0) is 80.9 Å². The van der Waals surface area contributed by atoms with Gasteiger partial charge in [0.05, 0.1) is 31.0 Å². The standard InChI is InChI=1S/C28H34ClN5OS/c1-19-18-22(21(3)34(19)25-10-6-8-23(29)20(25)2)27-26(24-9-4-5-11-30-24)31-28(36)33(27)13-7-12-32-14-16-35-17-15-32/h4-6,8-11,18,26-27H,7,12-17H2,1-3H3,(H,31,36). The van der Waals surface area contributed by atoms with E-state index in [0.29, 0.717) is 0 Å². The summed E-state index contributed by atoms with van der Waals surface area (Å²) in [5.74, 6) is 0. The Morgan fingerprint density at radius 3 is 2.64 bits per heavy atom. The molecule has 190 valence electrons. The number of nitrogens with one attached hydrogen (secondary N) is 1. The number of pyridine rings is 1. The lowest BCUT2D eigenvalue weighted by molar-refractivity contribution is 0.0365. The Morgan fingerprint density at radius 2 is 1.89 bits per heavy atom. The number of benzene rings is 1. The number of ether oxygens (including phenoxy) is 1. The molecule has 0 radical (unpaired) electrons. The lowest BCUT2D eigenvalue weighted by Gasteiger charge is -2.30. The summed E-state index contributed by atoms with van der Waals surface area (Å²) in [6.45, 7) is 12.0. The fourth-order valence-corrected chi connectivity index (χ4v) is 6.07. The third-order valence-electron chi connectivity index (χ3n) is 7.44. The summed E-state index contributed by atoms with van der Waals surface area (Å²) in [7, 11) is 0. The van der Waals surface area contributed by atoms with E-state index in [1.807, 2.05) is 30.5 Å². The lowest BCUT2D eigenvalue weighted by atomic mass is 9.96. The Kier molecular flexibility index (Phi) is 7.62. The van der Waals surface area contributed by atoms with Crippen LogP contribution in [-0.4, -0.2) is 63.9 Å². The second-order valence-corrected chi connectivity index (χ2v) is 10.5. The number of aromatic nitrogens is 2. The number of hydrogen-bond donors (Lipinski definition) is 1. The molecule has 5 rings (SSSR count). The van der Waals surface area contributed by atoms with Gasteiger partial charge < -0.3 is 19.5 Å². The summed E-state index contributed by atoms with van der Waals surface area (Å²) >= 11 is 12.4. The second-order valence-electron chi connectivity index (χ2n) is 9.67. The van der Waals surface area contributed by atoms with Crippen molar-refractivity contribution in [1.29, 1.82) is 0 Å². The molecule has 0 bridgehead atoms. The Hall–Kier alpha value is -2.45. The molecular weight excluding hydrogens is 490 g/mol. The normalized spacial score (nSPS) is 20.7. The maximum absolute atomic E-state index is 6.50. The summed E-state index contributed by atoms with van der Waals surface area (Å²) in [4.78, 5) is 9.56. The summed E-state index contributed by atoms with van der Waals surface area (Å²) < 4.78 is 7.83. The van der Waals surface area contributed by atoms with Crippen LogP contribution in [0.25, 0.3) is 5.69 Å². The van der Waals surface area contributed by atoms with Crippen LogP contribution in [0.15, 0.2) is 48.7 Å². The fourth-order valence-electron chi connectivity index (χ4n) is 5.57. The minimum Gasteiger partial charge on any atom is -0.379 e. The third-order valence-corrected chi connectivity index (χ3v) is 8.21. The molecule has 1 aromatic carbocycles. The van der Waals surface area contributed by atoms with Gasteiger partial charge in [-0.2, -0.15) is 0 Å². The van der Waals surface area contributed by atoms with Gasteiger partial charge in [0.1, 0.15) is 0 Å². The summed E-state index contributed by atoms with van der Waals surface area (Å²) in [5.41, 5.74) is 6.85. The first-order valence-corrected chi connectivity index (χ1v) is 13.5. The van der Waals surface area contributed by atoms with Crippen molar-refractivity contribution in [2.24, 2.45) is 0 Å². The van der Waals surface area contributed by atoms with Crippen molar-refractivity contribution in [3.8, 4) is 5.69 Å². The maximum Gasteiger partial charge on any atom is 0.170 e. The number of morpholine rings is 1. The van der Waals surface area contributed by atoms with Crippen molar-refractivity contribution < 1.29 is 4.74 Å². The number of halogens is 1. The largest absolute Gasteiger partial charge is 0.379 e. The predicted molar refractivity (Wildman–Crippen MR) is 149 cm³/mol. The molecule has 2 saturated heterocycles. The van der Waals surface area contributed by atoms with Gasteiger partial charge in [-0.15, -0.1) is 0 Å². The monoisotopic (exact) mass is 523 g/mol. The lowest BCUT2D eigenvalue weighted by Crippen LogP contribution is -2.39. The topological polar surface area (TPSA) is 45.6 Å². The molecule has 2 fully saturated rings. The van der Waals surface area contributed by atoms with Gasteiger partial charge in [-0.1, -0.05) is 23.7 Å². The highest BCUT2D eigenvalue weighted by Crippen LogP contribution is 2.41. The van der Waals surface area contributed by atoms with E-state index in [4.69, 9.17) is 33.5 Å². The zero-order valence-corrected chi connectivity index (χ0v) is 22.8. The molecule has 2 aliphatic heterocycles. The molecule has 0 saturated carbocycles. The molecule has 0 spiro atoms. The molecule has 0 amide bonds. The third kappa shape index (κ3) is 4.90. The zero-order chi connectivity index (χ0) is 25.2. The van der Waals surface area contributed by atoms with E-state index in [2.05, 4.69) is 58.7 Å².